The lowest BCUT2D eigenvalue weighted by molar-refractivity contribution is -0.648. The van der Waals surface area contributed by atoms with Crippen LogP contribution < -0.4 is 22.8 Å². The highest BCUT2D eigenvalue weighted by molar-refractivity contribution is 7.21. The lowest BCUT2D eigenvalue weighted by Crippen LogP contribution is -2.31. The molecule has 0 N–H and O–H groups in total. The molecule has 6 aromatic carbocycles. The molecular formula is C83H61N18OS+5. The zero-order valence-corrected chi connectivity index (χ0v) is 56.2. The van der Waals surface area contributed by atoms with Crippen molar-refractivity contribution in [2.75, 3.05) is 0 Å². The summed E-state index contributed by atoms with van der Waals surface area (Å²) in [4.78, 5) is 18.1. The third kappa shape index (κ3) is 8.43. The highest BCUT2D eigenvalue weighted by atomic mass is 32.1. The second-order valence-electron chi connectivity index (χ2n) is 26.6. The van der Waals surface area contributed by atoms with Crippen LogP contribution in [0.2, 0.25) is 0 Å². The van der Waals surface area contributed by atoms with Gasteiger partial charge in [0.15, 0.2) is 45.0 Å². The molecule has 19 nitrogen and oxygen atoms in total. The molecule has 0 amide bonds. The standard InChI is InChI=1S/C21H15N4.2C16H13N4.C15H10N3O.C15H10N3S/c1-2-8-16(9-3-1)25-18-14-23-12-6-11-22-20(23)19(18)24-13-15-7-4-5-10-17(15)21(24)25;2*1-18-13-10-19-8-4-7-17-15(19)14(13)20-9-11-5-2-3-6-12(11)16(18)20;1-2-5-11-10(4-1)8-18-13-12(19-15(11)18)9-17-7-3-6-16-14(13)17;1-2-6-12-10(4-1)9-17-14-13(19-15(12)17)8-11-5-3-7-16-18(11)14/h1-12,14H,13H2;2*2-8,10H,9H2,1H3;1-7,9H,8H2;1-8H,9H2/q5*+1/i;1D3;;;. The molecule has 0 spiro atoms. The van der Waals surface area contributed by atoms with Gasteiger partial charge in [-0.05, 0) is 78.9 Å². The molecule has 0 unspecified atom stereocenters. The zero-order chi connectivity index (χ0) is 70.2. The third-order valence-electron chi connectivity index (χ3n) is 20.9. The average molecular weight is 1360 g/mol. The number of imidazole rings is 3. The van der Waals surface area contributed by atoms with E-state index in [0.717, 1.165) is 93.7 Å². The number of aromatic nitrogens is 18. The van der Waals surface area contributed by atoms with Crippen molar-refractivity contribution in [1.29, 1.82) is 0 Å². The number of fused-ring (bicyclic) bond motifs is 35. The van der Waals surface area contributed by atoms with Crippen LogP contribution in [0.4, 0.5) is 0 Å². The second kappa shape index (κ2) is 22.0. The smallest absolute Gasteiger partial charge is 0.382 e. The highest BCUT2D eigenvalue weighted by Gasteiger charge is 2.40. The first-order valence-corrected chi connectivity index (χ1v) is 35.1. The summed E-state index contributed by atoms with van der Waals surface area (Å²) < 4.78 is 59.0. The molecule has 0 bridgehead atoms. The minimum absolute atomic E-state index is 0.668. The quantitative estimate of drug-likeness (QED) is 0.150. The largest absolute Gasteiger partial charge is 0.396 e. The van der Waals surface area contributed by atoms with Gasteiger partial charge in [-0.1, -0.05) is 130 Å². The molecular weight excluding hydrogens is 1300 g/mol. The summed E-state index contributed by atoms with van der Waals surface area (Å²) in [5.41, 5.74) is 28.4. The molecule has 0 radical (unpaired) electrons. The van der Waals surface area contributed by atoms with Crippen LogP contribution in [-0.2, 0) is 46.7 Å². The van der Waals surface area contributed by atoms with Crippen molar-refractivity contribution < 1.29 is 31.4 Å². The molecule has 0 atom stereocenters. The Kier molecular flexibility index (Phi) is 11.6. The Hall–Kier alpha value is -13.5. The predicted octanol–water partition coefficient (Wildman–Crippen LogP) is 13.1. The molecule has 21 aromatic rings. The van der Waals surface area contributed by atoms with E-state index in [9.17, 15) is 0 Å². The molecule has 26 rings (SSSR count). The van der Waals surface area contributed by atoms with E-state index in [0.29, 0.717) is 12.1 Å². The van der Waals surface area contributed by atoms with E-state index in [4.69, 9.17) is 8.53 Å². The summed E-state index contributed by atoms with van der Waals surface area (Å²) in [5.74, 6) is 4.19. The van der Waals surface area contributed by atoms with Crippen LogP contribution >= 0.6 is 11.3 Å². The van der Waals surface area contributed by atoms with E-state index >= 15 is 0 Å². The van der Waals surface area contributed by atoms with E-state index in [2.05, 4.69) is 231 Å². The topological polar surface area (TPSA) is 134 Å². The maximum atomic E-state index is 8.01. The summed E-state index contributed by atoms with van der Waals surface area (Å²) in [5, 5.41) is 5.83. The fourth-order valence-corrected chi connectivity index (χ4v) is 17.8. The summed E-state index contributed by atoms with van der Waals surface area (Å²) in [6.07, 6.45) is 25.3. The van der Waals surface area contributed by atoms with Crippen LogP contribution in [0.3, 0.4) is 0 Å². The maximum absolute atomic E-state index is 8.01. The van der Waals surface area contributed by atoms with Crippen molar-refractivity contribution in [3.8, 4) is 61.9 Å². The van der Waals surface area contributed by atoms with Gasteiger partial charge in [0.05, 0.1) is 71.4 Å². The lowest BCUT2D eigenvalue weighted by Gasteiger charge is -2.01. The van der Waals surface area contributed by atoms with Gasteiger partial charge in [-0.2, -0.15) is 4.57 Å². The van der Waals surface area contributed by atoms with Gasteiger partial charge < -0.3 is 17.6 Å². The van der Waals surface area contributed by atoms with Crippen LogP contribution in [0.5, 0.6) is 0 Å². The number of para-hydroxylation sites is 1. The Morgan fingerprint density at radius 2 is 0.854 bits per heavy atom. The van der Waals surface area contributed by atoms with Crippen molar-refractivity contribution in [3.63, 3.8) is 0 Å². The minimum atomic E-state index is -2.25. The van der Waals surface area contributed by atoms with Crippen LogP contribution in [-0.4, -0.2) is 60.9 Å². The van der Waals surface area contributed by atoms with Crippen molar-refractivity contribution in [3.05, 3.63) is 302 Å². The maximum Gasteiger partial charge on any atom is 0.382 e. The number of benzene rings is 6. The Bertz CT molecular complexity index is 7080. The van der Waals surface area contributed by atoms with Gasteiger partial charge in [-0.25, -0.2) is 47.3 Å². The van der Waals surface area contributed by atoms with E-state index in [-0.39, 0.29) is 0 Å². The lowest BCUT2D eigenvalue weighted by atomic mass is 10.1. The molecule has 20 heterocycles. The summed E-state index contributed by atoms with van der Waals surface area (Å²) in [6.45, 7) is 2.04. The second-order valence-corrected chi connectivity index (χ2v) is 27.6. The number of hydrogen-bond donors (Lipinski definition) is 0. The zero-order valence-electron chi connectivity index (χ0n) is 58.4. The summed E-state index contributed by atoms with van der Waals surface area (Å²) >= 11 is 1.86. The van der Waals surface area contributed by atoms with Crippen molar-refractivity contribution >= 4 is 94.0 Å². The first kappa shape index (κ1) is 54.5. The summed E-state index contributed by atoms with van der Waals surface area (Å²) in [6, 6.07) is 66.9. The Labute approximate surface area is 594 Å². The van der Waals surface area contributed by atoms with Gasteiger partial charge in [0.1, 0.15) is 36.6 Å². The van der Waals surface area contributed by atoms with Crippen molar-refractivity contribution in [2.24, 2.45) is 14.0 Å². The molecule has 103 heavy (non-hydrogen) atoms. The molecule has 15 aromatic heterocycles. The van der Waals surface area contributed by atoms with Crippen LogP contribution in [0, 0.1) is 0 Å². The van der Waals surface area contributed by atoms with Gasteiger partial charge >= 0.3 is 11.5 Å². The van der Waals surface area contributed by atoms with Gasteiger partial charge in [0.2, 0.25) is 33.3 Å². The number of oxazole rings is 1. The van der Waals surface area contributed by atoms with Gasteiger partial charge in [-0.15, -0.1) is 4.57 Å². The van der Waals surface area contributed by atoms with E-state index in [1.54, 1.807) is 6.20 Å². The average Bonchev–Trinajstić information content (AvgIpc) is 1.56. The number of nitrogens with zero attached hydrogens (tertiary/aromatic N) is 18. The van der Waals surface area contributed by atoms with Gasteiger partial charge in [0.25, 0.3) is 23.0 Å². The number of rotatable bonds is 1. The predicted molar refractivity (Wildman–Crippen MR) is 395 cm³/mol. The first-order chi connectivity index (χ1) is 52.1. The van der Waals surface area contributed by atoms with Crippen LogP contribution in [0.25, 0.3) is 145 Å². The van der Waals surface area contributed by atoms with E-state index in [1.807, 2.05) is 135 Å². The van der Waals surface area contributed by atoms with Gasteiger partial charge in [0, 0.05) is 89.0 Å². The SMILES string of the molecule is Cn1c2[n+](c3c1cn1cccnc31)Cc1ccccc1-2.[2H]C([2H])([2H])n1c2[n+](c3c1cn1cccnc31)Cc1ccccc1-2.c1ccc(-n2c3[n+](c4c2cn2cccnc42)Cc2ccccc2-3)cc1.c1ccc2c(c1)C[n+]1c-2oc2cn3cccnc3c21.c1ccc2c(c1)C[n+]1c-2sc2cc3cccnn3c21. The molecule has 490 valence electrons. The van der Waals surface area contributed by atoms with Crippen LogP contribution in [0.1, 0.15) is 31.9 Å². The normalized spacial score (nSPS) is 13.5. The first-order valence-electron chi connectivity index (χ1n) is 35.8. The van der Waals surface area contributed by atoms with Gasteiger partial charge in [-0.3, -0.25) is 4.40 Å². The number of thiazole rings is 1. The molecule has 0 saturated carbocycles. The van der Waals surface area contributed by atoms with Crippen molar-refractivity contribution in [2.45, 2.75) is 32.7 Å². The Morgan fingerprint density at radius 1 is 0.408 bits per heavy atom. The highest BCUT2D eigenvalue weighted by Crippen LogP contribution is 2.40. The molecule has 20 heteroatoms. The molecule has 5 aliphatic heterocycles. The fourth-order valence-electron chi connectivity index (χ4n) is 16.5. The van der Waals surface area contributed by atoms with Crippen molar-refractivity contribution in [1.82, 2.24) is 60.9 Å². The molecule has 0 saturated heterocycles. The van der Waals surface area contributed by atoms with E-state index < -0.39 is 6.98 Å². The number of aryl methyl sites for hydroxylation is 2. The minimum Gasteiger partial charge on any atom is -0.396 e. The Morgan fingerprint density at radius 3 is 1.45 bits per heavy atom. The molecule has 5 aliphatic rings. The monoisotopic (exact) mass is 1360 g/mol. The third-order valence-corrected chi connectivity index (χ3v) is 22.1. The molecule has 0 aliphatic carbocycles. The van der Waals surface area contributed by atoms with E-state index in [1.165, 1.54) is 104 Å². The number of hydrogen-bond acceptors (Lipinski definition) is 7. The fraction of sp³-hybridized carbons (Fsp3) is 0.0843. The molecule has 0 fully saturated rings. The summed E-state index contributed by atoms with van der Waals surface area (Å²) in [7, 11) is 2.13. The Balaban J connectivity index is 0.0000000830. The van der Waals surface area contributed by atoms with Crippen LogP contribution in [0.15, 0.2) is 279 Å².